The second-order valence-electron chi connectivity index (χ2n) is 31.9. The first-order valence-electron chi connectivity index (χ1n) is 40.0. The zero-order chi connectivity index (χ0) is 78.5. The van der Waals surface area contributed by atoms with E-state index in [-0.39, 0.29) is 44.7 Å². The first kappa shape index (κ1) is 56.9. The number of para-hydroxylation sites is 2. The van der Waals surface area contributed by atoms with Gasteiger partial charge >= 0.3 is 0 Å². The van der Waals surface area contributed by atoms with Crippen LogP contribution < -0.4 is 26.2 Å². The molecule has 0 saturated heterocycles. The molecule has 104 heavy (non-hydrogen) atoms. The van der Waals surface area contributed by atoms with Crippen molar-refractivity contribution in [1.82, 2.24) is 19.5 Å². The van der Waals surface area contributed by atoms with Gasteiger partial charge in [-0.3, -0.25) is 0 Å². The van der Waals surface area contributed by atoms with Crippen molar-refractivity contribution in [2.24, 2.45) is 0 Å². The van der Waals surface area contributed by atoms with E-state index in [0.717, 1.165) is 112 Å². The SMILES string of the molecule is [2H]c1c([2H])c([2H])c2c(c1[2H])c1c([2H])c([2H])c([2H])c([2H])c1n2-c1ccc2c(c1)N(c1c(-c3ccccc3)cc(C(C)(C)C)cc1-c1nc(-c3ccccc3)nc(-c3ccccc3)n1)c1cc(C(C)(C)C)cc3c1B2c1ccc(-c2cc(C(C)(C)C)cc(C(C)(C)C)c2)cc1N3c1ccc(-c2ccccc2)cc1-c1ccccc1. The van der Waals surface area contributed by atoms with Crippen LogP contribution in [0.25, 0.3) is 106 Å². The van der Waals surface area contributed by atoms with Gasteiger partial charge in [-0.2, -0.15) is 0 Å². The Labute approximate surface area is 624 Å². The Balaban J connectivity index is 1.08. The molecule has 0 bridgehead atoms. The van der Waals surface area contributed by atoms with Gasteiger partial charge in [-0.1, -0.05) is 313 Å². The number of rotatable bonds is 10. The summed E-state index contributed by atoms with van der Waals surface area (Å²) >= 11 is 0. The maximum absolute atomic E-state index is 9.90. The van der Waals surface area contributed by atoms with Crippen LogP contribution in [-0.2, 0) is 21.7 Å². The summed E-state index contributed by atoms with van der Waals surface area (Å²) in [4.78, 5) is 21.5. The molecule has 0 N–H and O–H groups in total. The summed E-state index contributed by atoms with van der Waals surface area (Å²) < 4.78 is 77.6. The lowest BCUT2D eigenvalue weighted by molar-refractivity contribution is 0.569. The molecule has 6 nitrogen and oxygen atoms in total. The van der Waals surface area contributed by atoms with Gasteiger partial charge in [0, 0.05) is 67.0 Å². The molecule has 0 unspecified atom stereocenters. The van der Waals surface area contributed by atoms with E-state index >= 15 is 0 Å². The predicted octanol–water partition coefficient (Wildman–Crippen LogP) is 23.9. The average molecular weight is 1350 g/mol. The lowest BCUT2D eigenvalue weighted by atomic mass is 9.33. The van der Waals surface area contributed by atoms with Crippen molar-refractivity contribution in [1.29, 1.82) is 0 Å². The zero-order valence-corrected chi connectivity index (χ0v) is 60.9. The molecule has 2 aliphatic rings. The van der Waals surface area contributed by atoms with Crippen LogP contribution in [0, 0.1) is 0 Å². The van der Waals surface area contributed by atoms with Gasteiger partial charge in [0.1, 0.15) is 0 Å². The average Bonchev–Trinajstić information content (AvgIpc) is 0.897. The molecule has 17 rings (SSSR count). The van der Waals surface area contributed by atoms with Crippen molar-refractivity contribution in [3.63, 3.8) is 0 Å². The Morgan fingerprint density at radius 1 is 0.298 bits per heavy atom. The molecule has 0 fully saturated rings. The molecule has 4 heterocycles. The third-order valence-corrected chi connectivity index (χ3v) is 20.9. The molecule has 0 aliphatic carbocycles. The fourth-order valence-corrected chi connectivity index (χ4v) is 15.2. The highest BCUT2D eigenvalue weighted by molar-refractivity contribution is 7.00. The van der Waals surface area contributed by atoms with Crippen molar-refractivity contribution < 1.29 is 11.0 Å². The summed E-state index contributed by atoms with van der Waals surface area (Å²) in [7, 11) is 0. The molecular weight excluding hydrogens is 1260 g/mol. The van der Waals surface area contributed by atoms with E-state index in [4.69, 9.17) is 17.7 Å². The summed E-state index contributed by atoms with van der Waals surface area (Å²) in [5, 5.41) is -0.0213. The van der Waals surface area contributed by atoms with Crippen LogP contribution in [-0.4, -0.2) is 26.2 Å². The summed E-state index contributed by atoms with van der Waals surface area (Å²) in [6.07, 6.45) is 0. The molecule has 506 valence electrons. The quantitative estimate of drug-likeness (QED) is 0.128. The monoisotopic (exact) mass is 1350 g/mol. The largest absolute Gasteiger partial charge is 0.311 e. The smallest absolute Gasteiger partial charge is 0.252 e. The minimum absolute atomic E-state index is 0.0106. The Morgan fingerprint density at radius 2 is 0.712 bits per heavy atom. The number of aromatic nitrogens is 4. The fraction of sp³-hybridized carbons (Fsp3) is 0.165. The molecular formula is C97H85BN6. The minimum atomic E-state index is -0.522. The highest BCUT2D eigenvalue weighted by Gasteiger charge is 2.46. The minimum Gasteiger partial charge on any atom is -0.311 e. The zero-order valence-electron chi connectivity index (χ0n) is 68.9. The van der Waals surface area contributed by atoms with Crippen LogP contribution in [0.3, 0.4) is 0 Å². The first-order valence-corrected chi connectivity index (χ1v) is 36.0. The second-order valence-corrected chi connectivity index (χ2v) is 31.9. The molecule has 13 aromatic carbocycles. The molecule has 0 radical (unpaired) electrons. The van der Waals surface area contributed by atoms with Gasteiger partial charge in [-0.15, -0.1) is 0 Å². The van der Waals surface area contributed by atoms with Crippen LogP contribution in [0.15, 0.2) is 297 Å². The molecule has 7 heteroatoms. The normalized spacial score (nSPS) is 14.0. The van der Waals surface area contributed by atoms with Gasteiger partial charge in [0.05, 0.1) is 33.4 Å². The first-order chi connectivity index (χ1) is 53.4. The molecule has 0 amide bonds. The Morgan fingerprint density at radius 3 is 1.24 bits per heavy atom. The van der Waals surface area contributed by atoms with E-state index in [1.807, 2.05) is 72.8 Å². The van der Waals surface area contributed by atoms with Gasteiger partial charge in [0.2, 0.25) is 0 Å². The van der Waals surface area contributed by atoms with E-state index in [1.54, 1.807) is 4.57 Å². The van der Waals surface area contributed by atoms with E-state index in [0.29, 0.717) is 34.4 Å². The number of benzene rings is 13. The predicted molar refractivity (Wildman–Crippen MR) is 441 cm³/mol. The Bertz CT molecular complexity index is 6170. The molecule has 2 aromatic heterocycles. The molecule has 15 aromatic rings. The summed E-state index contributed by atoms with van der Waals surface area (Å²) in [5.41, 5.74) is 22.2. The highest BCUT2D eigenvalue weighted by atomic mass is 15.2. The van der Waals surface area contributed by atoms with Crippen molar-refractivity contribution in [3.8, 4) is 84.4 Å². The van der Waals surface area contributed by atoms with Crippen LogP contribution in [0.1, 0.15) is 116 Å². The standard InChI is InChI=1S/C97H85BN6/c1-94(2,3)70-52-69(53-71(56-70)95(4,5)6)68-46-49-80-85(55-68)103(84-51-47-67(62-32-18-13-19-33-62)54-77(84)63-34-20-14-21-35-63)87-59-73(97(10,11)12)60-88-89(87)98(80)81-50-48-74(102-82-44-30-28-42-75(82)76-43-29-31-45-83(76)102)61-86(81)104(88)90-78(64-36-22-15-23-37-64)57-72(96(7,8)9)58-79(90)93-100-91(65-38-24-16-25-39-65)99-92(101-93)66-40-26-17-27-41-66/h13-61H,1-12H3/i28D,29D,30D,31D,42D,43D,44D,45D. The fourth-order valence-electron chi connectivity index (χ4n) is 15.2. The summed E-state index contributed by atoms with van der Waals surface area (Å²) in [6, 6.07) is 84.7. The van der Waals surface area contributed by atoms with E-state index in [1.165, 1.54) is 11.1 Å². The number of hydrogen-bond donors (Lipinski definition) is 0. The highest BCUT2D eigenvalue weighted by Crippen LogP contribution is 2.54. The molecule has 0 spiro atoms. The van der Waals surface area contributed by atoms with Crippen molar-refractivity contribution >= 4 is 79.0 Å². The van der Waals surface area contributed by atoms with Crippen LogP contribution >= 0.6 is 0 Å². The van der Waals surface area contributed by atoms with Gasteiger partial charge in [0.25, 0.3) is 6.71 Å². The molecule has 0 atom stereocenters. The number of nitrogens with zero attached hydrogens (tertiary/aromatic N) is 6. The maximum atomic E-state index is 9.90. The third-order valence-electron chi connectivity index (χ3n) is 20.9. The third kappa shape index (κ3) is 11.6. The number of fused-ring (bicyclic) bond motifs is 7. The number of hydrogen-bond acceptors (Lipinski definition) is 5. The van der Waals surface area contributed by atoms with Crippen molar-refractivity contribution in [2.75, 3.05) is 9.80 Å². The van der Waals surface area contributed by atoms with Gasteiger partial charge < -0.3 is 14.4 Å². The topological polar surface area (TPSA) is 50.1 Å². The lowest BCUT2D eigenvalue weighted by Gasteiger charge is -2.46. The van der Waals surface area contributed by atoms with Gasteiger partial charge in [-0.05, 0) is 160 Å². The lowest BCUT2D eigenvalue weighted by Crippen LogP contribution is -2.61. The second kappa shape index (κ2) is 25.1. The van der Waals surface area contributed by atoms with E-state index in [2.05, 4.69) is 269 Å². The van der Waals surface area contributed by atoms with Crippen LogP contribution in [0.5, 0.6) is 0 Å². The van der Waals surface area contributed by atoms with Gasteiger partial charge in [-0.25, -0.2) is 15.0 Å². The van der Waals surface area contributed by atoms with Crippen LogP contribution in [0.2, 0.25) is 0 Å². The Hall–Kier alpha value is -11.7. The summed E-state index contributed by atoms with van der Waals surface area (Å²) in [6.45, 7) is 26.6. The number of anilines is 6. The van der Waals surface area contributed by atoms with Crippen molar-refractivity contribution in [3.05, 3.63) is 319 Å². The van der Waals surface area contributed by atoms with Crippen molar-refractivity contribution in [2.45, 2.75) is 105 Å². The molecule has 2 aliphatic heterocycles. The molecule has 0 saturated carbocycles. The Kier molecular flexibility index (Phi) is 13.7. The van der Waals surface area contributed by atoms with Crippen LogP contribution in [0.4, 0.5) is 34.1 Å². The van der Waals surface area contributed by atoms with E-state index < -0.39 is 53.8 Å². The van der Waals surface area contributed by atoms with E-state index in [9.17, 15) is 8.22 Å². The maximum Gasteiger partial charge on any atom is 0.252 e. The van der Waals surface area contributed by atoms with Gasteiger partial charge in [0.15, 0.2) is 17.5 Å². The summed E-state index contributed by atoms with van der Waals surface area (Å²) in [5.74, 6) is 1.37.